The number of carbonyl (C=O) groups excluding carboxylic acids is 2. The van der Waals surface area contributed by atoms with Crippen molar-refractivity contribution in [1.29, 1.82) is 0 Å². The lowest BCUT2D eigenvalue weighted by molar-refractivity contribution is -0.136. The molecular formula is C23H23NO6. The average Bonchev–Trinajstić information content (AvgIpc) is 2.70. The van der Waals surface area contributed by atoms with Crippen molar-refractivity contribution in [3.8, 4) is 5.75 Å². The molecule has 7 nitrogen and oxygen atoms in total. The zero-order valence-corrected chi connectivity index (χ0v) is 17.3. The Kier molecular flexibility index (Phi) is 6.20. The zero-order valence-electron chi connectivity index (χ0n) is 17.3. The van der Waals surface area contributed by atoms with E-state index in [0.29, 0.717) is 22.1 Å². The van der Waals surface area contributed by atoms with Crippen molar-refractivity contribution in [2.75, 3.05) is 0 Å². The molecule has 0 aliphatic rings. The smallest absolute Gasteiger partial charge is 0.408 e. The van der Waals surface area contributed by atoms with Gasteiger partial charge in [-0.1, -0.05) is 30.3 Å². The van der Waals surface area contributed by atoms with Crippen LogP contribution in [0.4, 0.5) is 4.79 Å². The van der Waals surface area contributed by atoms with E-state index < -0.39 is 23.7 Å². The fraction of sp³-hybridized carbons (Fsp3) is 0.261. The summed E-state index contributed by atoms with van der Waals surface area (Å²) in [6, 6.07) is 11.7. The molecule has 1 N–H and O–H groups in total. The molecule has 0 saturated heterocycles. The number of ether oxygens (including phenoxy) is 2. The standard InChI is InChI=1S/C23H23NO6/c1-13-10-18-20(14(2)15(3)21(25)29-18)19(11-13)30-22(26)16(4)24-23(27)28-12-17-8-6-5-7-9-17/h5-11,16H,12H2,1-4H3,(H,24,27)/t16-/m0/s1. The van der Waals surface area contributed by atoms with Crippen LogP contribution in [0.1, 0.15) is 29.2 Å². The quantitative estimate of drug-likeness (QED) is 0.390. The number of alkyl carbamates (subject to hydrolysis) is 1. The summed E-state index contributed by atoms with van der Waals surface area (Å²) in [5, 5.41) is 3.01. The number of benzene rings is 2. The van der Waals surface area contributed by atoms with Gasteiger partial charge < -0.3 is 19.2 Å². The van der Waals surface area contributed by atoms with Gasteiger partial charge in [0.1, 0.15) is 24.0 Å². The van der Waals surface area contributed by atoms with Crippen LogP contribution in [-0.2, 0) is 16.1 Å². The molecule has 1 aromatic heterocycles. The first-order valence-corrected chi connectivity index (χ1v) is 9.50. The summed E-state index contributed by atoms with van der Waals surface area (Å²) in [5.41, 5.74) is 2.63. The first-order valence-electron chi connectivity index (χ1n) is 9.50. The zero-order chi connectivity index (χ0) is 21.8. The Hall–Kier alpha value is -3.61. The minimum Gasteiger partial charge on any atom is -0.445 e. The van der Waals surface area contributed by atoms with E-state index in [4.69, 9.17) is 13.9 Å². The summed E-state index contributed by atoms with van der Waals surface area (Å²) >= 11 is 0. The monoisotopic (exact) mass is 409 g/mol. The predicted molar refractivity (Wildman–Crippen MR) is 112 cm³/mol. The van der Waals surface area contributed by atoms with Crippen LogP contribution in [-0.4, -0.2) is 18.1 Å². The van der Waals surface area contributed by atoms with Gasteiger partial charge in [-0.05, 0) is 56.5 Å². The molecule has 156 valence electrons. The first kappa shape index (κ1) is 21.1. The van der Waals surface area contributed by atoms with Gasteiger partial charge >= 0.3 is 17.7 Å². The molecule has 7 heteroatoms. The van der Waals surface area contributed by atoms with Crippen LogP contribution in [0.3, 0.4) is 0 Å². The van der Waals surface area contributed by atoms with Crippen LogP contribution < -0.4 is 15.7 Å². The van der Waals surface area contributed by atoms with Crippen molar-refractivity contribution in [1.82, 2.24) is 5.32 Å². The van der Waals surface area contributed by atoms with E-state index in [1.54, 1.807) is 32.9 Å². The number of carbonyl (C=O) groups is 2. The molecule has 30 heavy (non-hydrogen) atoms. The topological polar surface area (TPSA) is 94.8 Å². The van der Waals surface area contributed by atoms with E-state index in [9.17, 15) is 14.4 Å². The van der Waals surface area contributed by atoms with Crippen molar-refractivity contribution < 1.29 is 23.5 Å². The number of fused-ring (bicyclic) bond motifs is 1. The molecule has 0 spiro atoms. The highest BCUT2D eigenvalue weighted by Gasteiger charge is 2.21. The highest BCUT2D eigenvalue weighted by atomic mass is 16.6. The van der Waals surface area contributed by atoms with Crippen LogP contribution in [0.2, 0.25) is 0 Å². The fourth-order valence-electron chi connectivity index (χ4n) is 2.97. The summed E-state index contributed by atoms with van der Waals surface area (Å²) in [5.74, 6) is -0.396. The van der Waals surface area contributed by atoms with Gasteiger partial charge in [-0.15, -0.1) is 0 Å². The number of rotatable bonds is 5. The second-order valence-electron chi connectivity index (χ2n) is 7.12. The van der Waals surface area contributed by atoms with Crippen molar-refractivity contribution >= 4 is 23.0 Å². The van der Waals surface area contributed by atoms with E-state index >= 15 is 0 Å². The number of hydrogen-bond donors (Lipinski definition) is 1. The highest BCUT2D eigenvalue weighted by molar-refractivity contribution is 5.91. The number of nitrogens with one attached hydrogen (secondary N) is 1. The third kappa shape index (κ3) is 4.68. The Morgan fingerprint density at radius 1 is 1.07 bits per heavy atom. The predicted octanol–water partition coefficient (Wildman–Crippen LogP) is 3.94. The van der Waals surface area contributed by atoms with Gasteiger partial charge in [-0.3, -0.25) is 0 Å². The first-order chi connectivity index (χ1) is 14.3. The van der Waals surface area contributed by atoms with Crippen molar-refractivity contribution in [2.45, 2.75) is 40.3 Å². The highest BCUT2D eigenvalue weighted by Crippen LogP contribution is 2.31. The maximum atomic E-state index is 12.6. The van der Waals surface area contributed by atoms with Crippen molar-refractivity contribution in [2.24, 2.45) is 0 Å². The Morgan fingerprint density at radius 2 is 1.77 bits per heavy atom. The maximum Gasteiger partial charge on any atom is 0.408 e. The summed E-state index contributed by atoms with van der Waals surface area (Å²) in [7, 11) is 0. The summed E-state index contributed by atoms with van der Waals surface area (Å²) in [6.45, 7) is 6.81. The minimum absolute atomic E-state index is 0.0917. The van der Waals surface area contributed by atoms with Crippen molar-refractivity contribution in [3.05, 3.63) is 75.1 Å². The number of amides is 1. The molecule has 1 atom stereocenters. The SMILES string of the molecule is Cc1cc(OC(=O)[C@H](C)NC(=O)OCc2ccccc2)c2c(C)c(C)c(=O)oc2c1. The Morgan fingerprint density at radius 3 is 2.47 bits per heavy atom. The van der Waals surface area contributed by atoms with E-state index in [0.717, 1.165) is 11.1 Å². The normalized spacial score (nSPS) is 11.7. The lowest BCUT2D eigenvalue weighted by Crippen LogP contribution is -2.41. The van der Waals surface area contributed by atoms with Gasteiger partial charge in [0.25, 0.3) is 0 Å². The second-order valence-corrected chi connectivity index (χ2v) is 7.12. The third-order valence-corrected chi connectivity index (χ3v) is 4.77. The van der Waals surface area contributed by atoms with Crippen LogP contribution in [0.25, 0.3) is 11.0 Å². The second kappa shape index (κ2) is 8.82. The molecule has 1 heterocycles. The molecule has 0 aliphatic carbocycles. The summed E-state index contributed by atoms with van der Waals surface area (Å²) < 4.78 is 16.0. The molecule has 3 rings (SSSR count). The average molecular weight is 409 g/mol. The van der Waals surface area contributed by atoms with Crippen LogP contribution in [0, 0.1) is 20.8 Å². The molecule has 0 radical (unpaired) electrons. The summed E-state index contributed by atoms with van der Waals surface area (Å²) in [4.78, 5) is 36.5. The van der Waals surface area contributed by atoms with Gasteiger partial charge in [0.2, 0.25) is 0 Å². The Bertz CT molecular complexity index is 1150. The summed E-state index contributed by atoms with van der Waals surface area (Å²) in [6.07, 6.45) is -0.726. The molecule has 2 aromatic carbocycles. The van der Waals surface area contributed by atoms with Gasteiger partial charge in [0.15, 0.2) is 0 Å². The van der Waals surface area contributed by atoms with E-state index in [1.165, 1.54) is 6.92 Å². The number of aryl methyl sites for hydroxylation is 2. The van der Waals surface area contributed by atoms with Crippen LogP contribution in [0.15, 0.2) is 51.7 Å². The molecule has 3 aromatic rings. The molecule has 0 unspecified atom stereocenters. The Balaban J connectivity index is 1.72. The van der Waals surface area contributed by atoms with E-state index in [-0.39, 0.29) is 12.4 Å². The molecule has 0 aliphatic heterocycles. The third-order valence-electron chi connectivity index (χ3n) is 4.77. The number of esters is 1. The van der Waals surface area contributed by atoms with Crippen LogP contribution in [0.5, 0.6) is 5.75 Å². The number of hydrogen-bond acceptors (Lipinski definition) is 6. The Labute approximate surface area is 173 Å². The van der Waals surface area contributed by atoms with E-state index in [2.05, 4.69) is 5.32 Å². The molecule has 1 amide bonds. The lowest BCUT2D eigenvalue weighted by atomic mass is 10.0. The van der Waals surface area contributed by atoms with Crippen molar-refractivity contribution in [3.63, 3.8) is 0 Å². The lowest BCUT2D eigenvalue weighted by Gasteiger charge is -2.16. The van der Waals surface area contributed by atoms with Gasteiger partial charge in [-0.25, -0.2) is 14.4 Å². The molecule has 0 bridgehead atoms. The molecule has 0 fully saturated rings. The van der Waals surface area contributed by atoms with Gasteiger partial charge in [0, 0.05) is 5.56 Å². The van der Waals surface area contributed by atoms with Gasteiger partial charge in [0.05, 0.1) is 5.39 Å². The molecule has 0 saturated carbocycles. The fourth-order valence-corrected chi connectivity index (χ4v) is 2.97. The largest absolute Gasteiger partial charge is 0.445 e. The van der Waals surface area contributed by atoms with E-state index in [1.807, 2.05) is 30.3 Å². The maximum absolute atomic E-state index is 12.6. The molecular weight excluding hydrogens is 386 g/mol. The minimum atomic E-state index is -0.944. The van der Waals surface area contributed by atoms with Gasteiger partial charge in [-0.2, -0.15) is 0 Å². The van der Waals surface area contributed by atoms with Crippen LogP contribution >= 0.6 is 0 Å².